The summed E-state index contributed by atoms with van der Waals surface area (Å²) in [6, 6.07) is 20.6. The summed E-state index contributed by atoms with van der Waals surface area (Å²) in [5.74, 6) is -0.366. The minimum atomic E-state index is -0.517. The molecule has 2 heterocycles. The lowest BCUT2D eigenvalue weighted by Crippen LogP contribution is -2.40. The van der Waals surface area contributed by atoms with Crippen LogP contribution in [0.3, 0.4) is 0 Å². The van der Waals surface area contributed by atoms with Crippen LogP contribution in [0.5, 0.6) is 0 Å². The Kier molecular flexibility index (Phi) is 5.63. The zero-order valence-corrected chi connectivity index (χ0v) is 19.0. The Morgan fingerprint density at radius 2 is 1.68 bits per heavy atom. The van der Waals surface area contributed by atoms with Gasteiger partial charge in [0.2, 0.25) is 0 Å². The van der Waals surface area contributed by atoms with Crippen molar-refractivity contribution < 1.29 is 4.39 Å². The number of halogens is 2. The monoisotopic (exact) mass is 474 g/mol. The van der Waals surface area contributed by atoms with Crippen molar-refractivity contribution in [1.29, 1.82) is 0 Å². The van der Waals surface area contributed by atoms with Crippen molar-refractivity contribution in [1.82, 2.24) is 18.7 Å². The van der Waals surface area contributed by atoms with E-state index in [0.717, 1.165) is 11.1 Å². The van der Waals surface area contributed by atoms with Crippen LogP contribution in [0.4, 0.5) is 4.39 Å². The summed E-state index contributed by atoms with van der Waals surface area (Å²) in [5.41, 5.74) is 2.54. The van der Waals surface area contributed by atoms with E-state index in [2.05, 4.69) is 4.98 Å². The molecule has 0 aliphatic carbocycles. The smallest absolute Gasteiger partial charge is 0.320 e. The van der Waals surface area contributed by atoms with E-state index in [0.29, 0.717) is 16.3 Å². The van der Waals surface area contributed by atoms with Gasteiger partial charge >= 0.3 is 5.69 Å². The number of hydrogen-bond acceptors (Lipinski definition) is 3. The molecule has 8 heteroatoms. The molecule has 0 saturated heterocycles. The Balaban J connectivity index is 1.75. The van der Waals surface area contributed by atoms with Crippen LogP contribution in [0, 0.1) is 12.7 Å². The van der Waals surface area contributed by atoms with Gasteiger partial charge < -0.3 is 4.57 Å². The fourth-order valence-electron chi connectivity index (χ4n) is 4.00. The zero-order valence-electron chi connectivity index (χ0n) is 18.3. The molecule has 170 valence electrons. The first kappa shape index (κ1) is 21.9. The van der Waals surface area contributed by atoms with Crippen LogP contribution in [-0.4, -0.2) is 18.7 Å². The van der Waals surface area contributed by atoms with Gasteiger partial charge in [0.1, 0.15) is 5.82 Å². The lowest BCUT2D eigenvalue weighted by Gasteiger charge is -2.13. The third-order valence-electron chi connectivity index (χ3n) is 5.67. The number of benzene rings is 3. The van der Waals surface area contributed by atoms with Gasteiger partial charge in [0.15, 0.2) is 11.2 Å². The fraction of sp³-hybridized carbons (Fsp3) is 0.115. The lowest BCUT2D eigenvalue weighted by molar-refractivity contribution is 0.623. The molecule has 0 atom stereocenters. The van der Waals surface area contributed by atoms with E-state index < -0.39 is 11.2 Å². The highest BCUT2D eigenvalue weighted by atomic mass is 35.5. The van der Waals surface area contributed by atoms with Crippen LogP contribution >= 0.6 is 11.6 Å². The third-order valence-corrected chi connectivity index (χ3v) is 5.90. The number of aryl methyl sites for hydroxylation is 1. The Labute approximate surface area is 199 Å². The van der Waals surface area contributed by atoms with Crippen molar-refractivity contribution in [3.63, 3.8) is 0 Å². The molecule has 3 aromatic carbocycles. The van der Waals surface area contributed by atoms with Gasteiger partial charge in [0.25, 0.3) is 5.56 Å². The summed E-state index contributed by atoms with van der Waals surface area (Å²) in [6.07, 6.45) is 1.49. The molecule has 2 aromatic heterocycles. The highest BCUT2D eigenvalue weighted by molar-refractivity contribution is 6.30. The molecule has 0 bridgehead atoms. The number of nitrogens with zero attached hydrogens (tertiary/aromatic N) is 4. The highest BCUT2D eigenvalue weighted by Crippen LogP contribution is 2.18. The quantitative estimate of drug-likeness (QED) is 0.375. The Morgan fingerprint density at radius 1 is 0.912 bits per heavy atom. The molecule has 5 rings (SSSR count). The van der Waals surface area contributed by atoms with Crippen molar-refractivity contribution in [3.05, 3.63) is 127 Å². The predicted octanol–water partition coefficient (Wildman–Crippen LogP) is 4.55. The maximum atomic E-state index is 13.8. The maximum absolute atomic E-state index is 13.8. The fourth-order valence-corrected chi connectivity index (χ4v) is 4.18. The van der Waals surface area contributed by atoms with E-state index in [-0.39, 0.29) is 30.1 Å². The SMILES string of the molecule is Cc1ccc(Cn2c(=O)c3c(ncn3Cc3cccc(F)c3)n(-c3cccc(Cl)c3)c2=O)cc1. The molecule has 0 unspecified atom stereocenters. The van der Waals surface area contributed by atoms with Crippen LogP contribution in [0.2, 0.25) is 5.02 Å². The van der Waals surface area contributed by atoms with Gasteiger partial charge in [-0.05, 0) is 48.4 Å². The minimum absolute atomic E-state index is 0.0968. The standard InChI is InChI=1S/C26H20ClFN4O2/c1-17-8-10-18(11-9-17)15-31-25(33)23-24(32(26(31)34)22-7-3-5-20(27)13-22)29-16-30(23)14-19-4-2-6-21(28)12-19/h2-13,16H,14-15H2,1H3. The first-order chi connectivity index (χ1) is 16.4. The molecule has 34 heavy (non-hydrogen) atoms. The van der Waals surface area contributed by atoms with E-state index in [1.54, 1.807) is 41.0 Å². The van der Waals surface area contributed by atoms with Gasteiger partial charge in [-0.3, -0.25) is 9.36 Å². The average Bonchev–Trinajstić information content (AvgIpc) is 3.21. The number of imidazole rings is 1. The van der Waals surface area contributed by atoms with Gasteiger partial charge in [-0.1, -0.05) is 59.6 Å². The van der Waals surface area contributed by atoms with E-state index in [1.807, 2.05) is 31.2 Å². The van der Waals surface area contributed by atoms with Crippen LogP contribution < -0.4 is 11.2 Å². The second kappa shape index (κ2) is 8.76. The topological polar surface area (TPSA) is 61.8 Å². The molecule has 0 aliphatic heterocycles. The molecule has 5 aromatic rings. The van der Waals surface area contributed by atoms with E-state index in [4.69, 9.17) is 11.6 Å². The Hall–Kier alpha value is -3.97. The second-order valence-corrected chi connectivity index (χ2v) is 8.59. The maximum Gasteiger partial charge on any atom is 0.337 e. The second-order valence-electron chi connectivity index (χ2n) is 8.15. The summed E-state index contributed by atoms with van der Waals surface area (Å²) in [4.78, 5) is 31.6. The molecule has 0 fully saturated rings. The van der Waals surface area contributed by atoms with Gasteiger partial charge in [-0.25, -0.2) is 18.7 Å². The molecular formula is C26H20ClFN4O2. The molecular weight excluding hydrogens is 455 g/mol. The number of rotatable bonds is 5. The minimum Gasteiger partial charge on any atom is -0.320 e. The van der Waals surface area contributed by atoms with Gasteiger partial charge in [0.05, 0.1) is 18.6 Å². The van der Waals surface area contributed by atoms with E-state index in [1.165, 1.54) is 27.6 Å². The number of hydrogen-bond donors (Lipinski definition) is 0. The summed E-state index contributed by atoms with van der Waals surface area (Å²) in [6.45, 7) is 2.29. The lowest BCUT2D eigenvalue weighted by atomic mass is 10.1. The van der Waals surface area contributed by atoms with Crippen molar-refractivity contribution in [2.75, 3.05) is 0 Å². The molecule has 0 radical (unpaired) electrons. The highest BCUT2D eigenvalue weighted by Gasteiger charge is 2.20. The normalized spacial score (nSPS) is 11.3. The van der Waals surface area contributed by atoms with E-state index >= 15 is 0 Å². The average molecular weight is 475 g/mol. The Morgan fingerprint density at radius 3 is 2.41 bits per heavy atom. The largest absolute Gasteiger partial charge is 0.337 e. The molecule has 0 saturated carbocycles. The van der Waals surface area contributed by atoms with Crippen LogP contribution in [0.15, 0.2) is 88.7 Å². The predicted molar refractivity (Wildman–Crippen MR) is 130 cm³/mol. The summed E-state index contributed by atoms with van der Waals surface area (Å²) < 4.78 is 18.0. The summed E-state index contributed by atoms with van der Waals surface area (Å²) in [5, 5.41) is 0.452. The van der Waals surface area contributed by atoms with Crippen molar-refractivity contribution in [2.24, 2.45) is 0 Å². The zero-order chi connectivity index (χ0) is 23.8. The van der Waals surface area contributed by atoms with Gasteiger partial charge in [0, 0.05) is 11.6 Å². The van der Waals surface area contributed by atoms with E-state index in [9.17, 15) is 14.0 Å². The van der Waals surface area contributed by atoms with Crippen LogP contribution in [0.1, 0.15) is 16.7 Å². The first-order valence-corrected chi connectivity index (χ1v) is 11.0. The summed E-state index contributed by atoms with van der Waals surface area (Å²) in [7, 11) is 0. The molecule has 0 amide bonds. The number of fused-ring (bicyclic) bond motifs is 1. The number of aromatic nitrogens is 4. The van der Waals surface area contributed by atoms with Crippen LogP contribution in [0.25, 0.3) is 16.9 Å². The van der Waals surface area contributed by atoms with Crippen molar-refractivity contribution in [3.8, 4) is 5.69 Å². The van der Waals surface area contributed by atoms with Crippen molar-refractivity contribution in [2.45, 2.75) is 20.0 Å². The summed E-state index contributed by atoms with van der Waals surface area (Å²) >= 11 is 6.20. The molecule has 0 N–H and O–H groups in total. The first-order valence-electron chi connectivity index (χ1n) is 10.7. The Bertz CT molecular complexity index is 1630. The van der Waals surface area contributed by atoms with Crippen LogP contribution in [-0.2, 0) is 13.1 Å². The van der Waals surface area contributed by atoms with Crippen molar-refractivity contribution >= 4 is 22.8 Å². The molecule has 0 spiro atoms. The third kappa shape index (κ3) is 4.06. The molecule has 6 nitrogen and oxygen atoms in total. The molecule has 0 aliphatic rings. The van der Waals surface area contributed by atoms with Gasteiger partial charge in [-0.15, -0.1) is 0 Å². The van der Waals surface area contributed by atoms with Gasteiger partial charge in [-0.2, -0.15) is 0 Å².